The first kappa shape index (κ1) is 90.0. The molecule has 0 saturated heterocycles. The summed E-state index contributed by atoms with van der Waals surface area (Å²) in [6.07, 6.45) is -27.4. The number of aromatic carboxylic acids is 1. The van der Waals surface area contributed by atoms with E-state index in [0.29, 0.717) is 23.8 Å². The molecule has 0 saturated carbocycles. The van der Waals surface area contributed by atoms with Gasteiger partial charge in [-0.2, -0.15) is 79.0 Å². The van der Waals surface area contributed by atoms with Gasteiger partial charge in [0.25, 0.3) is 5.91 Å². The molecule has 0 aliphatic carbocycles. The lowest BCUT2D eigenvalue weighted by molar-refractivity contribution is -0.142. The summed E-state index contributed by atoms with van der Waals surface area (Å²) in [7, 11) is -8.22. The number of nitrogens with two attached hydrogens (primary N) is 1. The molecule has 4 aromatic carbocycles. The number of carboxylic acid groups (broad SMARTS) is 1. The van der Waals surface area contributed by atoms with E-state index in [4.69, 9.17) is 15.9 Å². The number of aliphatic hydroxyl groups is 1. The number of nitrogens with zero attached hydrogens (tertiary/aromatic N) is 5. The number of alkyl halides is 19. The molecule has 105 heavy (non-hydrogen) atoms. The first-order chi connectivity index (χ1) is 48.2. The number of pyridine rings is 4. The van der Waals surface area contributed by atoms with Crippen LogP contribution in [0.3, 0.4) is 0 Å². The van der Waals surface area contributed by atoms with Gasteiger partial charge in [-0.15, -0.1) is 0 Å². The number of aromatic nitrogens is 4. The van der Waals surface area contributed by atoms with Gasteiger partial charge in [0.15, 0.2) is 11.6 Å². The van der Waals surface area contributed by atoms with Crippen molar-refractivity contribution in [2.75, 3.05) is 6.61 Å². The minimum Gasteiger partial charge on any atom is -0.478 e. The first-order valence-corrected chi connectivity index (χ1v) is 33.5. The standard InChI is InChI=1S/C22H14F6N2O3S.C14H12F3NO2S.C9H7BrF3NO.C9H8F3NO.C8H6F3NO2.C2H3ClO.C2H6O/c23-21(24,25)14-2-1-3-16(10-14)34(32,33)15-6-4-13(5-7-15)11-30-12-18-17(20(30)31)8-9-19(29-18)22(26,27)28;15-14(16,17)11-2-1-3-13(8-11)21(19,20)12-6-4-10(9-18)5-7-12;1-5(15)6-2-3-8(9(11,12)13)14-7(6)4-10;1-5-7(6(2)14)3-4-8(13-5)9(10,11)12;1-4-5(7(13)14)2-3-6(12-4)8(9,10)11;1-2(3)4;1-2-3/h1-10H,11-12H2;1-8H,9,18H2;2-3H,4H2,1H3;3-4H,1-2H3;2-3H,1H3,(H,13,14);1H3;3H,2H2,1H3. The molecule has 1 amide bonds. The number of rotatable bonds is 11. The van der Waals surface area contributed by atoms with Crippen molar-refractivity contribution in [3.63, 3.8) is 0 Å². The third-order valence-electron chi connectivity index (χ3n) is 13.3. The number of carboxylic acids is 1. The van der Waals surface area contributed by atoms with Gasteiger partial charge in [-0.05, 0) is 167 Å². The third kappa shape index (κ3) is 26.7. The van der Waals surface area contributed by atoms with E-state index in [9.17, 15) is 120 Å². The molecule has 1 aliphatic heterocycles. The Morgan fingerprint density at radius 3 is 1.18 bits per heavy atom. The summed E-state index contributed by atoms with van der Waals surface area (Å²) < 4.78 is 275. The number of aryl methyl sites for hydroxylation is 2. The fourth-order valence-corrected chi connectivity index (χ4v) is 11.4. The molecular formula is C66H56BrClF18N6O11S2. The quantitative estimate of drug-likeness (QED) is 0.0470. The molecule has 0 bridgehead atoms. The SMILES string of the molecule is CC(=O)Cl.CC(=O)c1ccc(C(F)(F)F)nc1C.CC(=O)c1ccc(C(F)(F)F)nc1CBr.CCO.Cc1nc(C(F)(F)F)ccc1C(=O)O.NCc1ccc(S(=O)(=O)c2cccc(C(F)(F)F)c2)cc1.O=C1c2ccc(C(F)(F)F)nc2CN1Cc1ccc(S(=O)(=O)c2cccc(C(F)(F)F)c2)cc1. The molecule has 4 N–H and O–H groups in total. The van der Waals surface area contributed by atoms with Crippen molar-refractivity contribution >= 4 is 75.9 Å². The van der Waals surface area contributed by atoms with E-state index in [1.807, 2.05) is 0 Å². The number of amides is 1. The highest BCUT2D eigenvalue weighted by atomic mass is 79.9. The van der Waals surface area contributed by atoms with Crippen molar-refractivity contribution in [3.05, 3.63) is 236 Å². The fraction of sp³-hybridized carbons (Fsp3) is 0.258. The van der Waals surface area contributed by atoms with Gasteiger partial charge < -0.3 is 20.8 Å². The molecule has 4 aromatic heterocycles. The average Bonchev–Trinajstić information content (AvgIpc) is 1.73. The Bertz CT molecular complexity index is 4540. The van der Waals surface area contributed by atoms with Crippen LogP contribution in [0.4, 0.5) is 79.0 Å². The highest BCUT2D eigenvalue weighted by Gasteiger charge is 2.39. The predicted octanol–water partition coefficient (Wildman–Crippen LogP) is 16.8. The van der Waals surface area contributed by atoms with Crippen LogP contribution in [0.5, 0.6) is 0 Å². The average molecular weight is 1630 g/mol. The van der Waals surface area contributed by atoms with Crippen molar-refractivity contribution in [1.29, 1.82) is 0 Å². The largest absolute Gasteiger partial charge is 0.478 e. The number of aliphatic hydroxyl groups excluding tert-OH is 1. The molecule has 39 heteroatoms. The summed E-state index contributed by atoms with van der Waals surface area (Å²) in [5.74, 6) is -2.39. The highest BCUT2D eigenvalue weighted by Crippen LogP contribution is 2.37. The van der Waals surface area contributed by atoms with Crippen molar-refractivity contribution < 1.29 is 130 Å². The van der Waals surface area contributed by atoms with Crippen molar-refractivity contribution in [3.8, 4) is 0 Å². The normalized spacial score (nSPS) is 12.3. The lowest BCUT2D eigenvalue weighted by atomic mass is 10.1. The minimum atomic E-state index is -4.70. The maximum absolute atomic E-state index is 12.9. The Kier molecular flexibility index (Phi) is 31.8. The second kappa shape index (κ2) is 37.1. The van der Waals surface area contributed by atoms with E-state index >= 15 is 0 Å². The molecule has 0 spiro atoms. The van der Waals surface area contributed by atoms with Crippen LogP contribution < -0.4 is 5.73 Å². The molecule has 8 aromatic rings. The number of benzene rings is 4. The molecule has 0 fully saturated rings. The number of carbonyl (C=O) groups excluding carboxylic acids is 4. The number of ketones is 2. The van der Waals surface area contributed by atoms with E-state index in [2.05, 4.69) is 47.5 Å². The van der Waals surface area contributed by atoms with Crippen LogP contribution in [0.2, 0.25) is 0 Å². The second-order valence-corrected chi connectivity index (χ2v) is 26.1. The summed E-state index contributed by atoms with van der Waals surface area (Å²) >= 11 is 7.63. The number of hydrogen-bond acceptors (Lipinski definition) is 15. The smallest absolute Gasteiger partial charge is 0.433 e. The van der Waals surface area contributed by atoms with Crippen LogP contribution in [0.25, 0.3) is 0 Å². The van der Waals surface area contributed by atoms with Crippen molar-refractivity contribution in [2.45, 2.75) is 123 Å². The third-order valence-corrected chi connectivity index (χ3v) is 17.3. The summed E-state index contributed by atoms with van der Waals surface area (Å²) in [6, 6.07) is 25.2. The number of carbonyl (C=O) groups is 5. The number of fused-ring (bicyclic) bond motifs is 1. The molecule has 568 valence electrons. The zero-order valence-electron chi connectivity index (χ0n) is 54.6. The van der Waals surface area contributed by atoms with Crippen LogP contribution in [0, 0.1) is 13.8 Å². The number of hydrogen-bond donors (Lipinski definition) is 3. The second-order valence-electron chi connectivity index (χ2n) is 21.1. The van der Waals surface area contributed by atoms with E-state index in [0.717, 1.165) is 84.4 Å². The first-order valence-electron chi connectivity index (χ1n) is 29.0. The molecule has 17 nitrogen and oxygen atoms in total. The topological polar surface area (TPSA) is 275 Å². The minimum absolute atomic E-state index is 0.0106. The lowest BCUT2D eigenvalue weighted by Gasteiger charge is -2.16. The van der Waals surface area contributed by atoms with Crippen molar-refractivity contribution in [2.24, 2.45) is 5.73 Å². The maximum atomic E-state index is 12.9. The van der Waals surface area contributed by atoms with Gasteiger partial charge in [-0.25, -0.2) is 41.6 Å². The van der Waals surface area contributed by atoms with Crippen LogP contribution in [-0.4, -0.2) is 87.2 Å². The fourth-order valence-electron chi connectivity index (χ4n) is 8.39. The van der Waals surface area contributed by atoms with Gasteiger partial charge in [0.05, 0.1) is 65.5 Å². The number of Topliss-reactive ketones (excluding diaryl/α,β-unsaturated/α-hetero) is 2. The lowest BCUT2D eigenvalue weighted by Crippen LogP contribution is -2.23. The highest BCUT2D eigenvalue weighted by molar-refractivity contribution is 9.08. The van der Waals surface area contributed by atoms with Gasteiger partial charge in [-0.3, -0.25) is 19.2 Å². The van der Waals surface area contributed by atoms with E-state index in [1.54, 1.807) is 6.92 Å². The summed E-state index contributed by atoms with van der Waals surface area (Å²) in [5.41, 5.74) is 0.691. The van der Waals surface area contributed by atoms with Crippen LogP contribution in [0.15, 0.2) is 165 Å². The monoisotopic (exact) mass is 1630 g/mol. The molecule has 9 rings (SSSR count). The molecule has 0 atom stereocenters. The van der Waals surface area contributed by atoms with Crippen LogP contribution >= 0.6 is 27.5 Å². The number of halogens is 20. The molecule has 1 aliphatic rings. The zero-order chi connectivity index (χ0) is 80.3. The Labute approximate surface area is 599 Å². The van der Waals surface area contributed by atoms with E-state index < -0.39 is 112 Å². The van der Waals surface area contributed by atoms with Crippen LogP contribution in [0.1, 0.15) is 137 Å². The summed E-state index contributed by atoms with van der Waals surface area (Å²) in [6.45, 7) is 8.48. The predicted molar refractivity (Wildman–Crippen MR) is 343 cm³/mol. The Balaban J connectivity index is 0.000000350. The van der Waals surface area contributed by atoms with Gasteiger partial charge in [0.2, 0.25) is 24.9 Å². The number of sulfone groups is 2. The molecule has 0 unspecified atom stereocenters. The zero-order valence-corrected chi connectivity index (χ0v) is 58.6. The van der Waals surface area contributed by atoms with Gasteiger partial charge in [-0.1, -0.05) is 52.3 Å². The molecule has 0 radical (unpaired) electrons. The van der Waals surface area contributed by atoms with E-state index in [-0.39, 0.29) is 103 Å². The van der Waals surface area contributed by atoms with Crippen molar-refractivity contribution in [1.82, 2.24) is 24.8 Å². The molecule has 5 heterocycles. The summed E-state index contributed by atoms with van der Waals surface area (Å²) in [4.78, 5) is 67.5. The van der Waals surface area contributed by atoms with Gasteiger partial charge in [0, 0.05) is 48.8 Å². The Hall–Kier alpha value is -9.24. The van der Waals surface area contributed by atoms with E-state index in [1.165, 1.54) is 88.0 Å². The van der Waals surface area contributed by atoms with Gasteiger partial charge in [0.1, 0.15) is 22.8 Å². The summed E-state index contributed by atoms with van der Waals surface area (Å²) in [5, 5.41) is 15.9. The Morgan fingerprint density at radius 2 is 0.848 bits per heavy atom. The maximum Gasteiger partial charge on any atom is 0.433 e. The van der Waals surface area contributed by atoms with Crippen LogP contribution in [-0.2, 0) is 86.5 Å². The molecular weight excluding hydrogens is 1570 g/mol. The Morgan fingerprint density at radius 1 is 0.505 bits per heavy atom. The van der Waals surface area contributed by atoms with Gasteiger partial charge >= 0.3 is 43.0 Å².